The molecule has 0 amide bonds. The first-order valence-electron chi connectivity index (χ1n) is 3.83. The topological polar surface area (TPSA) is 61.6 Å². The molecule has 5 nitrogen and oxygen atoms in total. The number of rotatable bonds is 3. The molecule has 5 heteroatoms. The maximum Gasteiger partial charge on any atom is 0.314 e. The molecule has 0 bridgehead atoms. The van der Waals surface area contributed by atoms with Crippen molar-refractivity contribution in [1.29, 1.82) is 0 Å². The van der Waals surface area contributed by atoms with E-state index in [0.29, 0.717) is 11.3 Å². The highest BCUT2D eigenvalue weighted by Gasteiger charge is 2.20. The molecule has 0 heterocycles. The molecule has 0 fully saturated rings. The number of hydrogen-bond acceptors (Lipinski definition) is 4. The maximum absolute atomic E-state index is 10.6. The van der Waals surface area contributed by atoms with Gasteiger partial charge in [0.15, 0.2) is 5.75 Å². The third kappa shape index (κ3) is 1.61. The number of nitrogens with zero attached hydrogens (tertiary/aromatic N) is 1. The fraction of sp³-hybridized carbons (Fsp3) is 0.222. The predicted octanol–water partition coefficient (Wildman–Crippen LogP) is 1.79. The molecular formula is C9H10NO4. The van der Waals surface area contributed by atoms with Crippen LogP contribution in [0.4, 0.5) is 5.69 Å². The van der Waals surface area contributed by atoms with Gasteiger partial charge in [-0.2, -0.15) is 0 Å². The molecule has 0 N–H and O–H groups in total. The molecule has 0 aliphatic rings. The molecule has 1 radical (unpaired) electrons. The minimum absolute atomic E-state index is 0.102. The smallest absolute Gasteiger partial charge is 0.314 e. The first-order chi connectivity index (χ1) is 6.61. The molecule has 0 aliphatic heterocycles. The summed E-state index contributed by atoms with van der Waals surface area (Å²) in [5.41, 5.74) is 0.423. The van der Waals surface area contributed by atoms with Gasteiger partial charge in [0.1, 0.15) is 0 Å². The van der Waals surface area contributed by atoms with E-state index in [-0.39, 0.29) is 11.4 Å². The zero-order valence-electron chi connectivity index (χ0n) is 7.94. The van der Waals surface area contributed by atoms with E-state index in [2.05, 4.69) is 6.92 Å². The van der Waals surface area contributed by atoms with Gasteiger partial charge < -0.3 is 9.47 Å². The van der Waals surface area contributed by atoms with E-state index < -0.39 is 4.92 Å². The Morgan fingerprint density at radius 1 is 1.29 bits per heavy atom. The molecule has 0 unspecified atom stereocenters. The summed E-state index contributed by atoms with van der Waals surface area (Å²) in [6, 6.07) is 2.85. The van der Waals surface area contributed by atoms with Gasteiger partial charge in [-0.3, -0.25) is 10.1 Å². The van der Waals surface area contributed by atoms with E-state index in [4.69, 9.17) is 9.47 Å². The Labute approximate surface area is 81.4 Å². The Morgan fingerprint density at radius 3 is 2.29 bits per heavy atom. The summed E-state index contributed by atoms with van der Waals surface area (Å²) < 4.78 is 9.87. The lowest BCUT2D eigenvalue weighted by molar-refractivity contribution is -0.385. The second kappa shape index (κ2) is 3.95. The molecule has 0 aliphatic carbocycles. The van der Waals surface area contributed by atoms with E-state index in [9.17, 15) is 10.1 Å². The first kappa shape index (κ1) is 10.3. The van der Waals surface area contributed by atoms with Gasteiger partial charge in [0.05, 0.1) is 19.1 Å². The molecule has 0 saturated heterocycles. The van der Waals surface area contributed by atoms with Crippen LogP contribution in [-0.4, -0.2) is 19.1 Å². The van der Waals surface area contributed by atoms with Gasteiger partial charge in [-0.15, -0.1) is 0 Å². The van der Waals surface area contributed by atoms with Gasteiger partial charge in [-0.05, 0) is 18.6 Å². The summed E-state index contributed by atoms with van der Waals surface area (Å²) in [6.07, 6.45) is 0. The summed E-state index contributed by atoms with van der Waals surface area (Å²) in [7, 11) is 2.76. The zero-order valence-corrected chi connectivity index (χ0v) is 7.94. The lowest BCUT2D eigenvalue weighted by atomic mass is 10.2. The van der Waals surface area contributed by atoms with Crippen molar-refractivity contribution in [2.45, 2.75) is 0 Å². The Morgan fingerprint density at radius 2 is 1.86 bits per heavy atom. The Balaban J connectivity index is 3.40. The van der Waals surface area contributed by atoms with Crippen molar-refractivity contribution in [3.8, 4) is 11.5 Å². The van der Waals surface area contributed by atoms with Crippen LogP contribution in [0.1, 0.15) is 5.56 Å². The second-order valence-corrected chi connectivity index (χ2v) is 2.57. The van der Waals surface area contributed by atoms with E-state index >= 15 is 0 Å². The Bertz CT molecular complexity index is 362. The van der Waals surface area contributed by atoms with Crippen molar-refractivity contribution >= 4 is 5.69 Å². The number of methoxy groups -OCH3 is 2. The minimum atomic E-state index is -0.527. The van der Waals surface area contributed by atoms with Crippen molar-refractivity contribution in [3.63, 3.8) is 0 Å². The van der Waals surface area contributed by atoms with Crippen LogP contribution >= 0.6 is 0 Å². The Hall–Kier alpha value is -1.78. The highest BCUT2D eigenvalue weighted by atomic mass is 16.6. The lowest BCUT2D eigenvalue weighted by Crippen LogP contribution is -1.98. The van der Waals surface area contributed by atoms with E-state index in [1.807, 2.05) is 0 Å². The van der Waals surface area contributed by atoms with Crippen molar-refractivity contribution in [3.05, 3.63) is 34.7 Å². The normalized spacial score (nSPS) is 9.64. The summed E-state index contributed by atoms with van der Waals surface area (Å²) in [4.78, 5) is 10.1. The highest BCUT2D eigenvalue weighted by molar-refractivity contribution is 5.60. The van der Waals surface area contributed by atoms with Crippen LogP contribution < -0.4 is 9.47 Å². The number of benzene rings is 1. The number of hydrogen-bond donors (Lipinski definition) is 0. The van der Waals surface area contributed by atoms with Crippen molar-refractivity contribution in [2.24, 2.45) is 0 Å². The van der Waals surface area contributed by atoms with Crippen LogP contribution in [0.3, 0.4) is 0 Å². The molecule has 0 aromatic heterocycles. The fourth-order valence-electron chi connectivity index (χ4n) is 1.16. The summed E-state index contributed by atoms with van der Waals surface area (Å²) in [5, 5.41) is 10.6. The van der Waals surface area contributed by atoms with Gasteiger partial charge in [0, 0.05) is 6.07 Å². The van der Waals surface area contributed by atoms with Crippen molar-refractivity contribution in [2.75, 3.05) is 14.2 Å². The van der Waals surface area contributed by atoms with Gasteiger partial charge in [-0.25, -0.2) is 0 Å². The van der Waals surface area contributed by atoms with Crippen LogP contribution in [0, 0.1) is 17.0 Å². The first-order valence-corrected chi connectivity index (χ1v) is 3.83. The molecule has 0 spiro atoms. The third-order valence-electron chi connectivity index (χ3n) is 1.78. The van der Waals surface area contributed by atoms with Crippen molar-refractivity contribution in [1.82, 2.24) is 0 Å². The average molecular weight is 196 g/mol. The average Bonchev–Trinajstić information content (AvgIpc) is 2.16. The minimum Gasteiger partial charge on any atom is -0.492 e. The number of nitro groups is 1. The molecule has 0 saturated carbocycles. The van der Waals surface area contributed by atoms with Gasteiger partial charge >= 0.3 is 5.69 Å². The highest BCUT2D eigenvalue weighted by Crippen LogP contribution is 2.38. The molecule has 1 rings (SSSR count). The fourth-order valence-corrected chi connectivity index (χ4v) is 1.16. The molecule has 14 heavy (non-hydrogen) atoms. The molecule has 75 valence electrons. The van der Waals surface area contributed by atoms with Crippen LogP contribution in [0.25, 0.3) is 0 Å². The third-order valence-corrected chi connectivity index (χ3v) is 1.78. The SMILES string of the molecule is [CH2]c1ccc([N+](=O)[O-])c(OC)c1OC. The predicted molar refractivity (Wildman–Crippen MR) is 50.7 cm³/mol. The zero-order chi connectivity index (χ0) is 10.7. The quantitative estimate of drug-likeness (QED) is 0.546. The standard InChI is InChI=1S/C9H10NO4/c1-6-4-5-7(10(11)12)9(14-3)8(6)13-2/h4-5H,1H2,2-3H3. The Kier molecular flexibility index (Phi) is 2.91. The molecule has 0 atom stereocenters. The number of ether oxygens (including phenoxy) is 2. The van der Waals surface area contributed by atoms with Crippen LogP contribution in [-0.2, 0) is 0 Å². The van der Waals surface area contributed by atoms with Gasteiger partial charge in [0.25, 0.3) is 0 Å². The van der Waals surface area contributed by atoms with E-state index in [1.165, 1.54) is 26.4 Å². The summed E-state index contributed by atoms with van der Waals surface area (Å²) in [5.74, 6) is 0.395. The number of nitro benzene ring substituents is 1. The van der Waals surface area contributed by atoms with Crippen molar-refractivity contribution < 1.29 is 14.4 Å². The monoisotopic (exact) mass is 196 g/mol. The van der Waals surface area contributed by atoms with Crippen LogP contribution in [0.5, 0.6) is 11.5 Å². The molecule has 1 aromatic carbocycles. The van der Waals surface area contributed by atoms with Crippen LogP contribution in [0.15, 0.2) is 12.1 Å². The second-order valence-electron chi connectivity index (χ2n) is 2.57. The van der Waals surface area contributed by atoms with Crippen LogP contribution in [0.2, 0.25) is 0 Å². The lowest BCUT2D eigenvalue weighted by Gasteiger charge is -2.09. The summed E-state index contributed by atoms with van der Waals surface area (Å²) in [6.45, 7) is 3.67. The largest absolute Gasteiger partial charge is 0.492 e. The van der Waals surface area contributed by atoms with E-state index in [1.54, 1.807) is 0 Å². The molecular weight excluding hydrogens is 186 g/mol. The molecule has 1 aromatic rings. The van der Waals surface area contributed by atoms with Gasteiger partial charge in [0.2, 0.25) is 5.75 Å². The summed E-state index contributed by atoms with van der Waals surface area (Å²) >= 11 is 0. The van der Waals surface area contributed by atoms with E-state index in [0.717, 1.165) is 0 Å². The maximum atomic E-state index is 10.6. The van der Waals surface area contributed by atoms with Gasteiger partial charge in [-0.1, -0.05) is 0 Å².